The van der Waals surface area contributed by atoms with Gasteiger partial charge in [0.1, 0.15) is 5.60 Å². The van der Waals surface area contributed by atoms with Crippen LogP contribution in [0.4, 0.5) is 0 Å². The maximum atomic E-state index is 12.5. The minimum Gasteiger partial charge on any atom is -0.438 e. The average molecular weight is 351 g/mol. The summed E-state index contributed by atoms with van der Waals surface area (Å²) < 4.78 is 11.2. The van der Waals surface area contributed by atoms with Gasteiger partial charge < -0.3 is 24.5 Å². The van der Waals surface area contributed by atoms with Crippen LogP contribution in [0.25, 0.3) is 0 Å². The molecule has 2 atom stereocenters. The highest BCUT2D eigenvalue weighted by atomic mass is 16.5. The third-order valence-electron chi connectivity index (χ3n) is 5.28. The molecule has 2 amide bonds. The van der Waals surface area contributed by atoms with Crippen molar-refractivity contribution < 1.29 is 23.8 Å². The summed E-state index contributed by atoms with van der Waals surface area (Å²) in [6, 6.07) is -0.363. The van der Waals surface area contributed by atoms with Crippen LogP contribution in [-0.4, -0.2) is 63.7 Å². The first-order valence-electron chi connectivity index (χ1n) is 8.55. The molecule has 0 saturated carbocycles. The molecule has 0 aromatic carbocycles. The van der Waals surface area contributed by atoms with Crippen LogP contribution in [0.2, 0.25) is 0 Å². The molecule has 0 radical (unpaired) electrons. The number of aliphatic hydroxyl groups is 1. The number of rotatable bonds is 2. The van der Waals surface area contributed by atoms with Crippen LogP contribution in [0.15, 0.2) is 10.8 Å². The summed E-state index contributed by atoms with van der Waals surface area (Å²) in [4.78, 5) is 29.7. The highest BCUT2D eigenvalue weighted by Gasteiger charge is 2.49. The third-order valence-corrected chi connectivity index (χ3v) is 5.28. The number of nitrogens with one attached hydrogen (secondary N) is 1. The van der Waals surface area contributed by atoms with E-state index in [0.29, 0.717) is 38.0 Å². The molecule has 2 fully saturated rings. The molecule has 1 spiro atoms. The van der Waals surface area contributed by atoms with Crippen LogP contribution < -0.4 is 5.32 Å². The Morgan fingerprint density at radius 2 is 2.08 bits per heavy atom. The molecule has 138 valence electrons. The normalized spacial score (nSPS) is 28.8. The monoisotopic (exact) mass is 351 g/mol. The van der Waals surface area contributed by atoms with Crippen molar-refractivity contribution >= 4 is 11.8 Å². The lowest BCUT2D eigenvalue weighted by molar-refractivity contribution is -0.191. The summed E-state index contributed by atoms with van der Waals surface area (Å²) in [5, 5.41) is 13.3. The van der Waals surface area contributed by atoms with Crippen LogP contribution in [0.1, 0.15) is 49.4 Å². The highest BCUT2D eigenvalue weighted by Crippen LogP contribution is 2.38. The molecular formula is C17H25N3O5. The number of ether oxygens (including phenoxy) is 1. The second-order valence-electron chi connectivity index (χ2n) is 7.35. The van der Waals surface area contributed by atoms with Crippen molar-refractivity contribution in [3.05, 3.63) is 17.8 Å². The largest absolute Gasteiger partial charge is 0.438 e. The second-order valence-corrected chi connectivity index (χ2v) is 7.35. The molecule has 8 heteroatoms. The second kappa shape index (κ2) is 6.42. The predicted octanol–water partition coefficient (Wildman–Crippen LogP) is 0.634. The number of oxazole rings is 1. The molecule has 3 rings (SSSR count). The molecule has 3 heterocycles. The van der Waals surface area contributed by atoms with E-state index in [9.17, 15) is 14.7 Å². The zero-order valence-electron chi connectivity index (χ0n) is 14.9. The fraction of sp³-hybridized carbons (Fsp3) is 0.706. The van der Waals surface area contributed by atoms with Gasteiger partial charge in [-0.15, -0.1) is 0 Å². The summed E-state index contributed by atoms with van der Waals surface area (Å²) in [5.74, 6) is -0.0543. The van der Waals surface area contributed by atoms with E-state index in [1.807, 2.05) is 0 Å². The van der Waals surface area contributed by atoms with Gasteiger partial charge in [-0.1, -0.05) is 0 Å². The van der Waals surface area contributed by atoms with E-state index in [4.69, 9.17) is 9.15 Å². The molecule has 0 aliphatic carbocycles. The van der Waals surface area contributed by atoms with Crippen molar-refractivity contribution in [2.75, 3.05) is 19.7 Å². The molecule has 1 aromatic heterocycles. The molecule has 2 aliphatic heterocycles. The number of carbonyl (C=O) groups excluding carboxylic acids is 2. The van der Waals surface area contributed by atoms with E-state index in [1.54, 1.807) is 18.7 Å². The van der Waals surface area contributed by atoms with E-state index >= 15 is 0 Å². The zero-order chi connectivity index (χ0) is 18.2. The number of carbonyl (C=O) groups is 2. The lowest BCUT2D eigenvalue weighted by atomic mass is 9.77. The van der Waals surface area contributed by atoms with Gasteiger partial charge in [-0.25, -0.2) is 4.98 Å². The van der Waals surface area contributed by atoms with E-state index in [1.165, 1.54) is 13.3 Å². The Labute approximate surface area is 146 Å². The van der Waals surface area contributed by atoms with Gasteiger partial charge in [-0.05, 0) is 33.1 Å². The van der Waals surface area contributed by atoms with Crippen molar-refractivity contribution in [1.29, 1.82) is 0 Å². The molecule has 2 aliphatic rings. The quantitative estimate of drug-likeness (QED) is 0.810. The van der Waals surface area contributed by atoms with Gasteiger partial charge in [-0.3, -0.25) is 9.59 Å². The molecular weight excluding hydrogens is 326 g/mol. The van der Waals surface area contributed by atoms with Gasteiger partial charge in [-0.2, -0.15) is 0 Å². The fourth-order valence-corrected chi connectivity index (χ4v) is 3.62. The van der Waals surface area contributed by atoms with E-state index in [2.05, 4.69) is 10.3 Å². The van der Waals surface area contributed by atoms with Crippen LogP contribution in [0.5, 0.6) is 0 Å². The first-order valence-corrected chi connectivity index (χ1v) is 8.55. The van der Waals surface area contributed by atoms with Gasteiger partial charge in [0, 0.05) is 20.0 Å². The Hall–Kier alpha value is -1.93. The Bertz CT molecular complexity index is 661. The maximum absolute atomic E-state index is 12.5. The van der Waals surface area contributed by atoms with Crippen molar-refractivity contribution in [3.63, 3.8) is 0 Å². The summed E-state index contributed by atoms with van der Waals surface area (Å²) >= 11 is 0. The topological polar surface area (TPSA) is 105 Å². The molecule has 25 heavy (non-hydrogen) atoms. The van der Waals surface area contributed by atoms with Crippen LogP contribution in [0, 0.1) is 6.92 Å². The SMILES string of the molecule is CC(=O)N[C@H]1CC2(CCN(C(=O)c3ocnc3C)CC2)OC[C@]1(C)O. The molecule has 0 bridgehead atoms. The summed E-state index contributed by atoms with van der Waals surface area (Å²) in [6.07, 6.45) is 3.11. The minimum atomic E-state index is -1.10. The molecule has 1 aromatic rings. The number of aryl methyl sites for hydroxylation is 1. The van der Waals surface area contributed by atoms with Crippen molar-refractivity contribution in [1.82, 2.24) is 15.2 Å². The number of aromatic nitrogens is 1. The first-order chi connectivity index (χ1) is 11.7. The number of nitrogens with zero attached hydrogens (tertiary/aromatic N) is 2. The van der Waals surface area contributed by atoms with Gasteiger partial charge in [0.15, 0.2) is 6.39 Å². The van der Waals surface area contributed by atoms with Gasteiger partial charge in [0.2, 0.25) is 11.7 Å². The molecule has 0 unspecified atom stereocenters. The zero-order valence-corrected chi connectivity index (χ0v) is 14.9. The third kappa shape index (κ3) is 3.55. The number of piperidine rings is 1. The Kier molecular flexibility index (Phi) is 4.59. The minimum absolute atomic E-state index is 0.160. The summed E-state index contributed by atoms with van der Waals surface area (Å²) in [5.41, 5.74) is -0.940. The first kappa shape index (κ1) is 17.9. The molecule has 8 nitrogen and oxygen atoms in total. The van der Waals surface area contributed by atoms with Gasteiger partial charge >= 0.3 is 0 Å². The Morgan fingerprint density at radius 1 is 1.40 bits per heavy atom. The van der Waals surface area contributed by atoms with Crippen LogP contribution >= 0.6 is 0 Å². The van der Waals surface area contributed by atoms with E-state index < -0.39 is 11.2 Å². The van der Waals surface area contributed by atoms with E-state index in [0.717, 1.165) is 0 Å². The number of hydrogen-bond donors (Lipinski definition) is 2. The van der Waals surface area contributed by atoms with Crippen LogP contribution in [0.3, 0.4) is 0 Å². The summed E-state index contributed by atoms with van der Waals surface area (Å²) in [6.45, 7) is 6.09. The maximum Gasteiger partial charge on any atom is 0.291 e. The van der Waals surface area contributed by atoms with Gasteiger partial charge in [0.05, 0.1) is 23.9 Å². The lowest BCUT2D eigenvalue weighted by Crippen LogP contribution is -2.63. The van der Waals surface area contributed by atoms with Crippen molar-refractivity contribution in [3.8, 4) is 0 Å². The predicted molar refractivity (Wildman–Crippen MR) is 87.9 cm³/mol. The van der Waals surface area contributed by atoms with Crippen LogP contribution in [-0.2, 0) is 9.53 Å². The lowest BCUT2D eigenvalue weighted by Gasteiger charge is -2.50. The number of amides is 2. The van der Waals surface area contributed by atoms with Crippen molar-refractivity contribution in [2.24, 2.45) is 0 Å². The summed E-state index contributed by atoms with van der Waals surface area (Å²) in [7, 11) is 0. The highest BCUT2D eigenvalue weighted by molar-refractivity contribution is 5.92. The smallest absolute Gasteiger partial charge is 0.291 e. The van der Waals surface area contributed by atoms with E-state index in [-0.39, 0.29) is 30.2 Å². The fourth-order valence-electron chi connectivity index (χ4n) is 3.62. The molecule has 2 saturated heterocycles. The Balaban J connectivity index is 1.66. The molecule has 2 N–H and O–H groups in total. The standard InChI is InChI=1S/C17H25N3O5/c1-11-14(24-10-18-11)15(22)20-6-4-17(5-7-20)8-13(19-12(2)21)16(3,23)9-25-17/h10,13,23H,4-9H2,1-3H3,(H,19,21)/t13-,16-/m0/s1. The average Bonchev–Trinajstić information content (AvgIpc) is 2.97. The van der Waals surface area contributed by atoms with Crippen molar-refractivity contribution in [2.45, 2.75) is 57.3 Å². The number of hydrogen-bond acceptors (Lipinski definition) is 6. The Morgan fingerprint density at radius 3 is 2.64 bits per heavy atom. The number of likely N-dealkylation sites (tertiary alicyclic amines) is 1. The van der Waals surface area contributed by atoms with Gasteiger partial charge in [0.25, 0.3) is 5.91 Å².